The van der Waals surface area contributed by atoms with Crippen molar-refractivity contribution in [1.82, 2.24) is 0 Å². The maximum Gasteiger partial charge on any atom is 0.178 e. The molecule has 5 heteroatoms. The van der Waals surface area contributed by atoms with E-state index in [-0.39, 0.29) is 18.3 Å². The van der Waals surface area contributed by atoms with E-state index in [0.29, 0.717) is 15.8 Å². The first-order valence-electron chi connectivity index (χ1n) is 6.47. The standard InChI is InChI=1S/C16H12Cl2O2S/c17-10-1-4-12(5-2-10)20-8-15(19)14-9-21-16-6-3-11(18)7-13(14)16/h1-7,14H,8-9H2. The third-order valence-corrected chi connectivity index (χ3v) is 5.01. The molecule has 1 heterocycles. The second-order valence-electron chi connectivity index (χ2n) is 4.75. The summed E-state index contributed by atoms with van der Waals surface area (Å²) in [4.78, 5) is 13.5. The van der Waals surface area contributed by atoms with Crippen molar-refractivity contribution in [3.05, 3.63) is 58.1 Å². The number of benzene rings is 2. The average Bonchev–Trinajstić information content (AvgIpc) is 2.89. The van der Waals surface area contributed by atoms with Gasteiger partial charge in [-0.05, 0) is 48.0 Å². The summed E-state index contributed by atoms with van der Waals surface area (Å²) in [6, 6.07) is 12.7. The highest BCUT2D eigenvalue weighted by atomic mass is 35.5. The number of Topliss-reactive ketones (excluding diaryl/α,β-unsaturated/α-hetero) is 1. The van der Waals surface area contributed by atoms with Crippen molar-refractivity contribution in [3.8, 4) is 5.75 Å². The molecule has 0 radical (unpaired) electrons. The summed E-state index contributed by atoms with van der Waals surface area (Å²) in [5, 5.41) is 1.30. The number of hydrogen-bond acceptors (Lipinski definition) is 3. The summed E-state index contributed by atoms with van der Waals surface area (Å²) in [6.07, 6.45) is 0. The minimum atomic E-state index is -0.143. The van der Waals surface area contributed by atoms with Crippen molar-refractivity contribution < 1.29 is 9.53 Å². The number of carbonyl (C=O) groups is 1. The van der Waals surface area contributed by atoms with E-state index in [0.717, 1.165) is 16.2 Å². The van der Waals surface area contributed by atoms with E-state index >= 15 is 0 Å². The maximum atomic E-state index is 12.4. The van der Waals surface area contributed by atoms with Gasteiger partial charge in [0.25, 0.3) is 0 Å². The van der Waals surface area contributed by atoms with Gasteiger partial charge < -0.3 is 4.74 Å². The van der Waals surface area contributed by atoms with Gasteiger partial charge in [-0.3, -0.25) is 4.79 Å². The topological polar surface area (TPSA) is 26.3 Å². The molecule has 0 spiro atoms. The van der Waals surface area contributed by atoms with Gasteiger partial charge in [-0.25, -0.2) is 0 Å². The number of halogens is 2. The Hall–Kier alpha value is -1.16. The van der Waals surface area contributed by atoms with Crippen LogP contribution in [0.25, 0.3) is 0 Å². The van der Waals surface area contributed by atoms with Crippen molar-refractivity contribution in [3.63, 3.8) is 0 Å². The SMILES string of the molecule is O=C(COc1ccc(Cl)cc1)C1CSc2ccc(Cl)cc21. The molecule has 2 aromatic carbocycles. The van der Waals surface area contributed by atoms with Crippen molar-refractivity contribution in [2.75, 3.05) is 12.4 Å². The van der Waals surface area contributed by atoms with E-state index in [1.165, 1.54) is 0 Å². The number of fused-ring (bicyclic) bond motifs is 1. The molecule has 108 valence electrons. The zero-order chi connectivity index (χ0) is 14.8. The highest BCUT2D eigenvalue weighted by Crippen LogP contribution is 2.41. The molecule has 1 atom stereocenters. The Kier molecular flexibility index (Phi) is 4.43. The number of ether oxygens (including phenoxy) is 1. The van der Waals surface area contributed by atoms with Crippen LogP contribution in [-0.2, 0) is 4.79 Å². The van der Waals surface area contributed by atoms with Crippen LogP contribution in [-0.4, -0.2) is 18.1 Å². The van der Waals surface area contributed by atoms with E-state index < -0.39 is 0 Å². The van der Waals surface area contributed by atoms with Crippen molar-refractivity contribution in [2.45, 2.75) is 10.8 Å². The molecule has 0 bridgehead atoms. The van der Waals surface area contributed by atoms with Crippen molar-refractivity contribution in [1.29, 1.82) is 0 Å². The van der Waals surface area contributed by atoms with Gasteiger partial charge in [0.15, 0.2) is 5.78 Å². The molecule has 0 saturated carbocycles. The fraction of sp³-hybridized carbons (Fsp3) is 0.188. The molecule has 2 aromatic rings. The Bertz CT molecular complexity index is 670. The molecule has 1 unspecified atom stereocenters. The van der Waals surface area contributed by atoms with Crippen LogP contribution in [0.4, 0.5) is 0 Å². The van der Waals surface area contributed by atoms with Gasteiger partial charge in [-0.1, -0.05) is 23.2 Å². The van der Waals surface area contributed by atoms with Crippen LogP contribution in [0.3, 0.4) is 0 Å². The number of hydrogen-bond donors (Lipinski definition) is 0. The molecule has 1 aliphatic heterocycles. The lowest BCUT2D eigenvalue weighted by atomic mass is 9.97. The molecule has 3 rings (SSSR count). The molecule has 0 saturated heterocycles. The van der Waals surface area contributed by atoms with E-state index in [1.807, 2.05) is 18.2 Å². The predicted octanol–water partition coefficient (Wildman–Crippen LogP) is 4.83. The highest BCUT2D eigenvalue weighted by Gasteiger charge is 2.29. The lowest BCUT2D eigenvalue weighted by molar-refractivity contribution is -0.122. The number of ketones is 1. The van der Waals surface area contributed by atoms with Crippen LogP contribution in [0.1, 0.15) is 11.5 Å². The summed E-state index contributed by atoms with van der Waals surface area (Å²) in [7, 11) is 0. The molecular weight excluding hydrogens is 327 g/mol. The first-order chi connectivity index (χ1) is 10.1. The largest absolute Gasteiger partial charge is 0.486 e. The van der Waals surface area contributed by atoms with Crippen LogP contribution < -0.4 is 4.74 Å². The lowest BCUT2D eigenvalue weighted by Gasteiger charge is -2.11. The predicted molar refractivity (Wildman–Crippen MR) is 86.9 cm³/mol. The Morgan fingerprint density at radius 1 is 1.14 bits per heavy atom. The van der Waals surface area contributed by atoms with Crippen LogP contribution in [0.5, 0.6) is 5.75 Å². The minimum Gasteiger partial charge on any atom is -0.486 e. The second kappa shape index (κ2) is 6.30. The highest BCUT2D eigenvalue weighted by molar-refractivity contribution is 7.99. The van der Waals surface area contributed by atoms with E-state index in [2.05, 4.69) is 0 Å². The van der Waals surface area contributed by atoms with Crippen LogP contribution in [0.15, 0.2) is 47.4 Å². The third kappa shape index (κ3) is 3.37. The number of rotatable bonds is 4. The molecule has 0 aliphatic carbocycles. The van der Waals surface area contributed by atoms with E-state index in [9.17, 15) is 4.79 Å². The first-order valence-corrected chi connectivity index (χ1v) is 8.21. The number of thioether (sulfide) groups is 1. The molecule has 0 amide bonds. The minimum absolute atomic E-state index is 0.0544. The lowest BCUT2D eigenvalue weighted by Crippen LogP contribution is -2.20. The van der Waals surface area contributed by atoms with Gasteiger partial charge in [0.05, 0.1) is 5.92 Å². The molecule has 0 N–H and O–H groups in total. The summed E-state index contributed by atoms with van der Waals surface area (Å²) in [5.41, 5.74) is 1.01. The van der Waals surface area contributed by atoms with Gasteiger partial charge in [0, 0.05) is 20.7 Å². The Labute approximate surface area is 137 Å². The van der Waals surface area contributed by atoms with Crippen molar-refractivity contribution >= 4 is 40.7 Å². The second-order valence-corrected chi connectivity index (χ2v) is 6.69. The van der Waals surface area contributed by atoms with Gasteiger partial charge in [-0.15, -0.1) is 11.8 Å². The van der Waals surface area contributed by atoms with Gasteiger partial charge in [0.2, 0.25) is 0 Å². The van der Waals surface area contributed by atoms with Crippen molar-refractivity contribution in [2.24, 2.45) is 0 Å². The van der Waals surface area contributed by atoms with Gasteiger partial charge >= 0.3 is 0 Å². The molecule has 2 nitrogen and oxygen atoms in total. The fourth-order valence-electron chi connectivity index (χ4n) is 2.24. The van der Waals surface area contributed by atoms with Gasteiger partial charge in [0.1, 0.15) is 12.4 Å². The normalized spacial score (nSPS) is 16.6. The molecular formula is C16H12Cl2O2S. The van der Waals surface area contributed by atoms with Crippen LogP contribution in [0, 0.1) is 0 Å². The zero-order valence-corrected chi connectivity index (χ0v) is 13.3. The van der Waals surface area contributed by atoms with Crippen LogP contribution >= 0.6 is 35.0 Å². The quantitative estimate of drug-likeness (QED) is 0.798. The summed E-state index contributed by atoms with van der Waals surface area (Å²) in [5.74, 6) is 1.32. The van der Waals surface area contributed by atoms with Gasteiger partial charge in [-0.2, -0.15) is 0 Å². The zero-order valence-electron chi connectivity index (χ0n) is 11.0. The Morgan fingerprint density at radius 2 is 1.86 bits per heavy atom. The monoisotopic (exact) mass is 338 g/mol. The summed E-state index contributed by atoms with van der Waals surface area (Å²) >= 11 is 13.5. The summed E-state index contributed by atoms with van der Waals surface area (Å²) in [6.45, 7) is 0.0544. The van der Waals surface area contributed by atoms with E-state index in [1.54, 1.807) is 36.0 Å². The Morgan fingerprint density at radius 3 is 2.62 bits per heavy atom. The summed E-state index contributed by atoms with van der Waals surface area (Å²) < 4.78 is 5.53. The molecule has 1 aliphatic rings. The third-order valence-electron chi connectivity index (χ3n) is 3.34. The van der Waals surface area contributed by atoms with Crippen LogP contribution in [0.2, 0.25) is 10.0 Å². The average molecular weight is 339 g/mol. The Balaban J connectivity index is 1.67. The number of carbonyl (C=O) groups excluding carboxylic acids is 1. The van der Waals surface area contributed by atoms with E-state index in [4.69, 9.17) is 27.9 Å². The smallest absolute Gasteiger partial charge is 0.178 e. The molecule has 0 fully saturated rings. The fourth-order valence-corrected chi connectivity index (χ4v) is 3.79. The first kappa shape index (κ1) is 14.8. The molecule has 0 aromatic heterocycles. The molecule has 21 heavy (non-hydrogen) atoms. The maximum absolute atomic E-state index is 12.4.